The second kappa shape index (κ2) is 6.30. The minimum absolute atomic E-state index is 1.17. The van der Waals surface area contributed by atoms with E-state index in [9.17, 15) is 0 Å². The average Bonchev–Trinajstić information content (AvgIpc) is 2.05. The Morgan fingerprint density at radius 1 is 1.25 bits per heavy atom. The van der Waals surface area contributed by atoms with Crippen LogP contribution in [-0.4, -0.2) is 8.42 Å². The molecule has 0 bridgehead atoms. The first-order valence-electron chi connectivity index (χ1n) is 3.15. The molecule has 0 spiro atoms. The molecule has 0 aliphatic carbocycles. The highest BCUT2D eigenvalue weighted by molar-refractivity contribution is 7.60. The van der Waals surface area contributed by atoms with Gasteiger partial charge in [-0.2, -0.15) is 13.2 Å². The van der Waals surface area contributed by atoms with Crippen molar-refractivity contribution in [2.75, 3.05) is 0 Å². The van der Waals surface area contributed by atoms with Crippen LogP contribution in [0.25, 0.3) is 6.08 Å². The van der Waals surface area contributed by atoms with Crippen LogP contribution in [0.3, 0.4) is 0 Å². The molecular weight excluding hydrogens is 174 g/mol. The molecule has 0 aliphatic rings. The van der Waals surface area contributed by atoms with E-state index in [0.29, 0.717) is 0 Å². The molecule has 1 N–H and O–H groups in total. The van der Waals surface area contributed by atoms with Crippen LogP contribution in [0.4, 0.5) is 0 Å². The SMILES string of the molecule is C=Cc1ccccc1.N=S(=O)=O. The van der Waals surface area contributed by atoms with E-state index in [1.807, 2.05) is 36.4 Å². The molecular formula is C8H9NO2S. The zero-order valence-electron chi connectivity index (χ0n) is 6.40. The molecule has 1 rings (SSSR count). The van der Waals surface area contributed by atoms with Crippen molar-refractivity contribution in [3.63, 3.8) is 0 Å². The first-order valence-corrected chi connectivity index (χ1v) is 4.22. The maximum absolute atomic E-state index is 8.67. The monoisotopic (exact) mass is 183 g/mol. The van der Waals surface area contributed by atoms with Crippen LogP contribution in [0.2, 0.25) is 0 Å². The lowest BCUT2D eigenvalue weighted by atomic mass is 10.2. The van der Waals surface area contributed by atoms with E-state index >= 15 is 0 Å². The molecule has 0 saturated carbocycles. The molecule has 1 aromatic carbocycles. The number of hydrogen-bond acceptors (Lipinski definition) is 3. The van der Waals surface area contributed by atoms with Gasteiger partial charge in [0.1, 0.15) is 0 Å². The van der Waals surface area contributed by atoms with Gasteiger partial charge < -0.3 is 0 Å². The standard InChI is InChI=1S/C8H8.HNO2S/c1-2-8-6-4-3-5-7-8;1-4(2)3/h2-7H,1H2;1H. The Labute approximate surface area is 72.9 Å². The lowest BCUT2D eigenvalue weighted by molar-refractivity contribution is 0.620. The molecule has 1 aromatic rings. The largest absolute Gasteiger partial charge is 0.308 e. The van der Waals surface area contributed by atoms with Crippen molar-refractivity contribution in [2.45, 2.75) is 0 Å². The minimum atomic E-state index is -2.61. The minimum Gasteiger partial charge on any atom is -0.188 e. The van der Waals surface area contributed by atoms with E-state index in [1.165, 1.54) is 5.56 Å². The van der Waals surface area contributed by atoms with Crippen LogP contribution in [0.1, 0.15) is 5.56 Å². The first-order chi connectivity index (χ1) is 5.66. The predicted molar refractivity (Wildman–Crippen MR) is 48.2 cm³/mol. The smallest absolute Gasteiger partial charge is 0.188 e. The van der Waals surface area contributed by atoms with Crippen molar-refractivity contribution in [3.05, 3.63) is 42.5 Å². The summed E-state index contributed by atoms with van der Waals surface area (Å²) in [6.07, 6.45) is 1.83. The van der Waals surface area contributed by atoms with Crippen LogP contribution in [0, 0.1) is 4.78 Å². The van der Waals surface area contributed by atoms with Crippen molar-refractivity contribution in [3.8, 4) is 0 Å². The van der Waals surface area contributed by atoms with E-state index in [4.69, 9.17) is 13.2 Å². The molecule has 0 amide bonds. The summed E-state index contributed by atoms with van der Waals surface area (Å²) < 4.78 is 22.8. The summed E-state index contributed by atoms with van der Waals surface area (Å²) in [4.78, 5) is 0. The first kappa shape index (κ1) is 10.6. The van der Waals surface area contributed by atoms with E-state index in [2.05, 4.69) is 6.58 Å². The fourth-order valence-corrected chi connectivity index (χ4v) is 0.589. The van der Waals surface area contributed by atoms with E-state index in [1.54, 1.807) is 0 Å². The molecule has 0 fully saturated rings. The number of rotatable bonds is 1. The van der Waals surface area contributed by atoms with Crippen LogP contribution in [-0.2, 0) is 10.5 Å². The van der Waals surface area contributed by atoms with E-state index in [-0.39, 0.29) is 0 Å². The fourth-order valence-electron chi connectivity index (χ4n) is 0.589. The molecule has 4 heteroatoms. The van der Waals surface area contributed by atoms with E-state index in [0.717, 1.165) is 0 Å². The maximum Gasteiger partial charge on any atom is 0.308 e. The van der Waals surface area contributed by atoms with Crippen LogP contribution < -0.4 is 0 Å². The maximum atomic E-state index is 8.67. The zero-order valence-corrected chi connectivity index (χ0v) is 7.21. The Balaban J connectivity index is 0.000000261. The molecule has 0 radical (unpaired) electrons. The van der Waals surface area contributed by atoms with Gasteiger partial charge in [-0.3, -0.25) is 0 Å². The molecule has 0 heterocycles. The molecule has 0 unspecified atom stereocenters. The van der Waals surface area contributed by atoms with Crippen molar-refractivity contribution in [1.29, 1.82) is 4.78 Å². The topological polar surface area (TPSA) is 58.0 Å². The molecule has 64 valence electrons. The van der Waals surface area contributed by atoms with Crippen molar-refractivity contribution < 1.29 is 8.42 Å². The van der Waals surface area contributed by atoms with Crippen molar-refractivity contribution in [1.82, 2.24) is 0 Å². The Bertz CT molecular complexity index is 321. The van der Waals surface area contributed by atoms with Gasteiger partial charge in [0.25, 0.3) is 0 Å². The summed E-state index contributed by atoms with van der Waals surface area (Å²) in [5.41, 5.74) is 1.17. The quantitative estimate of drug-likeness (QED) is 0.723. The predicted octanol–water partition coefficient (Wildman–Crippen LogP) is 1.96. The summed E-state index contributed by atoms with van der Waals surface area (Å²) in [5, 5.41) is 0. The summed E-state index contributed by atoms with van der Waals surface area (Å²) in [6.45, 7) is 3.63. The van der Waals surface area contributed by atoms with Crippen LogP contribution in [0.15, 0.2) is 36.9 Å². The van der Waals surface area contributed by atoms with Gasteiger partial charge in [0, 0.05) is 0 Å². The zero-order chi connectivity index (χ0) is 9.40. The lowest BCUT2D eigenvalue weighted by Gasteiger charge is -1.85. The van der Waals surface area contributed by atoms with Gasteiger partial charge in [0.15, 0.2) is 0 Å². The van der Waals surface area contributed by atoms with Gasteiger partial charge in [-0.15, -0.1) is 0 Å². The van der Waals surface area contributed by atoms with Crippen molar-refractivity contribution >= 4 is 16.6 Å². The Hall–Kier alpha value is -1.42. The average molecular weight is 183 g/mol. The highest BCUT2D eigenvalue weighted by atomic mass is 32.2. The molecule has 0 aromatic heterocycles. The van der Waals surface area contributed by atoms with Gasteiger partial charge >= 0.3 is 10.5 Å². The normalized spacial score (nSPS) is 7.67. The second-order valence-corrected chi connectivity index (χ2v) is 2.32. The Morgan fingerprint density at radius 3 is 1.92 bits per heavy atom. The van der Waals surface area contributed by atoms with E-state index < -0.39 is 10.5 Å². The van der Waals surface area contributed by atoms with Crippen molar-refractivity contribution in [2.24, 2.45) is 0 Å². The third-order valence-electron chi connectivity index (χ3n) is 1.04. The molecule has 0 aliphatic heterocycles. The molecule has 3 nitrogen and oxygen atoms in total. The third-order valence-corrected chi connectivity index (χ3v) is 1.04. The second-order valence-electron chi connectivity index (χ2n) is 1.85. The Morgan fingerprint density at radius 2 is 1.67 bits per heavy atom. The summed E-state index contributed by atoms with van der Waals surface area (Å²) >= 11 is 0. The molecule has 0 saturated heterocycles. The highest BCUT2D eigenvalue weighted by Gasteiger charge is 1.75. The van der Waals surface area contributed by atoms with Gasteiger partial charge in [-0.25, -0.2) is 0 Å². The fraction of sp³-hybridized carbons (Fsp3) is 0. The number of benzene rings is 1. The highest BCUT2D eigenvalue weighted by Crippen LogP contribution is 1.97. The van der Waals surface area contributed by atoms with Crippen LogP contribution >= 0.6 is 0 Å². The molecule has 0 atom stereocenters. The summed E-state index contributed by atoms with van der Waals surface area (Å²) in [5.74, 6) is 0. The summed E-state index contributed by atoms with van der Waals surface area (Å²) in [6, 6.07) is 10.0. The van der Waals surface area contributed by atoms with Gasteiger partial charge in [-0.05, 0) is 5.56 Å². The van der Waals surface area contributed by atoms with Crippen LogP contribution in [0.5, 0.6) is 0 Å². The number of nitrogens with one attached hydrogen (secondary N) is 1. The lowest BCUT2D eigenvalue weighted by Crippen LogP contribution is -1.63. The molecule has 12 heavy (non-hydrogen) atoms. The summed E-state index contributed by atoms with van der Waals surface area (Å²) in [7, 11) is -2.61. The number of hydrogen-bond donors (Lipinski definition) is 1. The van der Waals surface area contributed by atoms with Gasteiger partial charge in [0.2, 0.25) is 0 Å². The third kappa shape index (κ3) is 6.70. The van der Waals surface area contributed by atoms with Gasteiger partial charge in [-0.1, -0.05) is 43.0 Å². The Kier molecular flexibility index (Phi) is 5.55. The van der Waals surface area contributed by atoms with Gasteiger partial charge in [0.05, 0.1) is 0 Å².